The van der Waals surface area contributed by atoms with Crippen LogP contribution in [0.25, 0.3) is 10.8 Å². The molecule has 0 aliphatic heterocycles. The minimum Gasteiger partial charge on any atom is -0.465 e. The van der Waals surface area contributed by atoms with Crippen LogP contribution in [0.15, 0.2) is 55.1 Å². The summed E-state index contributed by atoms with van der Waals surface area (Å²) in [5.41, 5.74) is 0.922. The summed E-state index contributed by atoms with van der Waals surface area (Å²) < 4.78 is 10.1. The molecule has 0 atom stereocenters. The van der Waals surface area contributed by atoms with Gasteiger partial charge in [0.2, 0.25) is 0 Å². The minimum atomic E-state index is -0.404. The van der Waals surface area contributed by atoms with Gasteiger partial charge in [-0.25, -0.2) is 0 Å². The largest absolute Gasteiger partial charge is 0.465 e. The van der Waals surface area contributed by atoms with E-state index in [0.717, 1.165) is 16.3 Å². The maximum Gasteiger partial charge on any atom is 0.306 e. The Hall–Kier alpha value is -2.62. The standard InChI is InChI=1S/C19H20O4/c1-2-3-12-22-18(20)10-11-19(21)23-14-15-8-9-16-6-4-5-7-17(16)13-15/h2,4-9,13H,1,3,10-12,14H2. The van der Waals surface area contributed by atoms with Crippen LogP contribution in [-0.4, -0.2) is 18.5 Å². The molecular weight excluding hydrogens is 292 g/mol. The van der Waals surface area contributed by atoms with Crippen molar-refractivity contribution in [2.75, 3.05) is 6.61 Å². The third kappa shape index (κ3) is 5.58. The summed E-state index contributed by atoms with van der Waals surface area (Å²) in [4.78, 5) is 23.0. The quantitative estimate of drug-likeness (QED) is 0.423. The van der Waals surface area contributed by atoms with Gasteiger partial charge in [0.25, 0.3) is 0 Å². The van der Waals surface area contributed by atoms with Gasteiger partial charge in [-0.05, 0) is 28.8 Å². The van der Waals surface area contributed by atoms with E-state index in [9.17, 15) is 9.59 Å². The fourth-order valence-electron chi connectivity index (χ4n) is 2.10. The van der Waals surface area contributed by atoms with Crippen molar-refractivity contribution in [3.8, 4) is 0 Å². The fraction of sp³-hybridized carbons (Fsp3) is 0.263. The van der Waals surface area contributed by atoms with Crippen LogP contribution in [0.4, 0.5) is 0 Å². The van der Waals surface area contributed by atoms with Crippen LogP contribution in [0.5, 0.6) is 0 Å². The molecule has 0 unspecified atom stereocenters. The predicted octanol–water partition coefficient (Wildman–Crippen LogP) is 3.78. The van der Waals surface area contributed by atoms with Gasteiger partial charge in [0.05, 0.1) is 19.4 Å². The van der Waals surface area contributed by atoms with Gasteiger partial charge in [-0.3, -0.25) is 9.59 Å². The smallest absolute Gasteiger partial charge is 0.306 e. The van der Waals surface area contributed by atoms with Crippen LogP contribution < -0.4 is 0 Å². The fourth-order valence-corrected chi connectivity index (χ4v) is 2.10. The maximum absolute atomic E-state index is 11.7. The van der Waals surface area contributed by atoms with Crippen LogP contribution in [0.2, 0.25) is 0 Å². The number of benzene rings is 2. The highest BCUT2D eigenvalue weighted by atomic mass is 16.5. The normalized spacial score (nSPS) is 10.3. The van der Waals surface area contributed by atoms with Crippen LogP contribution in [0.3, 0.4) is 0 Å². The van der Waals surface area contributed by atoms with Gasteiger partial charge in [-0.2, -0.15) is 0 Å². The van der Waals surface area contributed by atoms with Gasteiger partial charge in [0.1, 0.15) is 6.61 Å². The molecule has 0 bridgehead atoms. The molecule has 0 fully saturated rings. The Balaban J connectivity index is 1.75. The number of fused-ring (bicyclic) bond motifs is 1. The molecule has 0 aromatic heterocycles. The molecule has 0 heterocycles. The van der Waals surface area contributed by atoms with E-state index in [1.165, 1.54) is 0 Å². The van der Waals surface area contributed by atoms with Crippen molar-refractivity contribution < 1.29 is 19.1 Å². The van der Waals surface area contributed by atoms with Gasteiger partial charge in [-0.15, -0.1) is 6.58 Å². The van der Waals surface area contributed by atoms with Crippen molar-refractivity contribution in [1.82, 2.24) is 0 Å². The van der Waals surface area contributed by atoms with Crippen LogP contribution in [0, 0.1) is 0 Å². The molecule has 4 nitrogen and oxygen atoms in total. The summed E-state index contributed by atoms with van der Waals surface area (Å²) >= 11 is 0. The number of carbonyl (C=O) groups excluding carboxylic acids is 2. The molecule has 2 aromatic carbocycles. The van der Waals surface area contributed by atoms with E-state index in [4.69, 9.17) is 9.47 Å². The third-order valence-electron chi connectivity index (χ3n) is 3.33. The molecule has 0 saturated heterocycles. The first-order valence-corrected chi connectivity index (χ1v) is 7.59. The van der Waals surface area contributed by atoms with Gasteiger partial charge in [0, 0.05) is 0 Å². The van der Waals surface area contributed by atoms with Crippen molar-refractivity contribution in [3.05, 3.63) is 60.7 Å². The minimum absolute atomic E-state index is 0.0283. The van der Waals surface area contributed by atoms with E-state index < -0.39 is 11.9 Å². The second-order valence-corrected chi connectivity index (χ2v) is 5.14. The first-order chi connectivity index (χ1) is 11.2. The Morgan fingerprint density at radius 1 is 0.957 bits per heavy atom. The summed E-state index contributed by atoms with van der Waals surface area (Å²) in [6.45, 7) is 4.04. The lowest BCUT2D eigenvalue weighted by Crippen LogP contribution is -2.10. The third-order valence-corrected chi connectivity index (χ3v) is 3.33. The van der Waals surface area contributed by atoms with Crippen LogP contribution in [0.1, 0.15) is 24.8 Å². The van der Waals surface area contributed by atoms with Crippen LogP contribution >= 0.6 is 0 Å². The number of hydrogen-bond donors (Lipinski definition) is 0. The lowest BCUT2D eigenvalue weighted by molar-refractivity contribution is -0.151. The van der Waals surface area contributed by atoms with Crippen molar-refractivity contribution >= 4 is 22.7 Å². The lowest BCUT2D eigenvalue weighted by atomic mass is 10.1. The number of esters is 2. The highest BCUT2D eigenvalue weighted by Gasteiger charge is 2.09. The maximum atomic E-state index is 11.7. The predicted molar refractivity (Wildman–Crippen MR) is 88.8 cm³/mol. The van der Waals surface area contributed by atoms with E-state index in [1.807, 2.05) is 42.5 Å². The molecular formula is C19H20O4. The van der Waals surface area contributed by atoms with Gasteiger partial charge in [-0.1, -0.05) is 42.5 Å². The topological polar surface area (TPSA) is 52.6 Å². The molecule has 2 aromatic rings. The molecule has 0 radical (unpaired) electrons. The Morgan fingerprint density at radius 2 is 1.65 bits per heavy atom. The molecule has 23 heavy (non-hydrogen) atoms. The molecule has 0 spiro atoms. The number of carbonyl (C=O) groups is 2. The molecule has 4 heteroatoms. The average molecular weight is 312 g/mol. The van der Waals surface area contributed by atoms with Crippen molar-refractivity contribution in [1.29, 1.82) is 0 Å². The van der Waals surface area contributed by atoms with E-state index in [0.29, 0.717) is 13.0 Å². The molecule has 0 N–H and O–H groups in total. The molecule has 0 saturated carbocycles. The molecule has 0 amide bonds. The van der Waals surface area contributed by atoms with E-state index in [1.54, 1.807) is 6.08 Å². The Kier molecular flexibility index (Phi) is 6.36. The highest BCUT2D eigenvalue weighted by Crippen LogP contribution is 2.16. The summed E-state index contributed by atoms with van der Waals surface area (Å²) in [6.07, 6.45) is 2.34. The van der Waals surface area contributed by atoms with E-state index in [-0.39, 0.29) is 19.4 Å². The first kappa shape index (κ1) is 16.7. The molecule has 120 valence electrons. The van der Waals surface area contributed by atoms with Gasteiger partial charge >= 0.3 is 11.9 Å². The SMILES string of the molecule is C=CCCOC(=O)CCC(=O)OCc1ccc2ccccc2c1. The Bertz CT molecular complexity index is 691. The van der Waals surface area contributed by atoms with Crippen LogP contribution in [-0.2, 0) is 25.7 Å². The zero-order chi connectivity index (χ0) is 16.5. The molecule has 0 aliphatic carbocycles. The zero-order valence-electron chi connectivity index (χ0n) is 13.0. The van der Waals surface area contributed by atoms with E-state index >= 15 is 0 Å². The first-order valence-electron chi connectivity index (χ1n) is 7.59. The summed E-state index contributed by atoms with van der Waals surface area (Å²) in [6, 6.07) is 13.9. The lowest BCUT2D eigenvalue weighted by Gasteiger charge is -2.06. The molecule has 2 rings (SSSR count). The van der Waals surface area contributed by atoms with E-state index in [2.05, 4.69) is 6.58 Å². The van der Waals surface area contributed by atoms with Gasteiger partial charge < -0.3 is 9.47 Å². The zero-order valence-corrected chi connectivity index (χ0v) is 13.0. The molecule has 0 aliphatic rings. The van der Waals surface area contributed by atoms with Crippen molar-refractivity contribution in [2.24, 2.45) is 0 Å². The number of hydrogen-bond acceptors (Lipinski definition) is 4. The summed E-state index contributed by atoms with van der Waals surface area (Å²) in [5.74, 6) is -0.798. The van der Waals surface area contributed by atoms with Crippen molar-refractivity contribution in [2.45, 2.75) is 25.9 Å². The number of rotatable bonds is 8. The van der Waals surface area contributed by atoms with Crippen molar-refractivity contribution in [3.63, 3.8) is 0 Å². The Labute approximate surface area is 135 Å². The monoisotopic (exact) mass is 312 g/mol. The van der Waals surface area contributed by atoms with Gasteiger partial charge in [0.15, 0.2) is 0 Å². The highest BCUT2D eigenvalue weighted by molar-refractivity contribution is 5.83. The Morgan fingerprint density at radius 3 is 2.39 bits per heavy atom. The summed E-state index contributed by atoms with van der Waals surface area (Å²) in [7, 11) is 0. The summed E-state index contributed by atoms with van der Waals surface area (Å²) in [5, 5.41) is 2.25. The second-order valence-electron chi connectivity index (χ2n) is 5.14. The second kappa shape index (κ2) is 8.73. The average Bonchev–Trinajstić information content (AvgIpc) is 2.58. The number of ether oxygens (including phenoxy) is 2.